The summed E-state index contributed by atoms with van der Waals surface area (Å²) in [4.78, 5) is 24.6. The maximum absolute atomic E-state index is 13.6. The summed E-state index contributed by atoms with van der Waals surface area (Å²) in [5.74, 6) is 1.36. The van der Waals surface area contributed by atoms with Crippen LogP contribution in [0.3, 0.4) is 0 Å². The van der Waals surface area contributed by atoms with Crippen molar-refractivity contribution in [3.63, 3.8) is 0 Å². The molecule has 0 aliphatic rings. The first kappa shape index (κ1) is 24.2. The number of imidazole rings is 1. The summed E-state index contributed by atoms with van der Waals surface area (Å²) in [6, 6.07) is 8.13. The molecule has 2 aromatic heterocycles. The lowest BCUT2D eigenvalue weighted by molar-refractivity contribution is -0.112. The van der Waals surface area contributed by atoms with E-state index in [9.17, 15) is 9.36 Å². The maximum atomic E-state index is 13.6. The van der Waals surface area contributed by atoms with Gasteiger partial charge in [-0.3, -0.25) is 9.36 Å². The summed E-state index contributed by atoms with van der Waals surface area (Å²) in [6.45, 7) is 5.79. The van der Waals surface area contributed by atoms with E-state index in [-0.39, 0.29) is 17.6 Å². The van der Waals surface area contributed by atoms with Gasteiger partial charge in [-0.05, 0) is 31.7 Å². The van der Waals surface area contributed by atoms with Gasteiger partial charge in [0.15, 0.2) is 11.5 Å². The van der Waals surface area contributed by atoms with Gasteiger partial charge in [-0.2, -0.15) is 0 Å². The van der Waals surface area contributed by atoms with Crippen molar-refractivity contribution in [1.29, 1.82) is 0 Å². The van der Waals surface area contributed by atoms with E-state index in [0.717, 1.165) is 11.8 Å². The molecule has 1 aromatic carbocycles. The highest BCUT2D eigenvalue weighted by Gasteiger charge is 2.31. The number of anilines is 1. The van der Waals surface area contributed by atoms with E-state index in [1.165, 1.54) is 6.33 Å². The smallest absolute Gasteiger partial charge is 0.342 e. The minimum Gasteiger partial charge on any atom is -0.431 e. The number of hydrogen-bond donors (Lipinski definition) is 2. The molecule has 3 rings (SSSR count). The van der Waals surface area contributed by atoms with Gasteiger partial charge in [0.2, 0.25) is 5.12 Å². The molecule has 0 spiro atoms. The number of carbonyl (C=O) groups excluding carboxylic acids is 1. The Bertz CT molecular complexity index is 1100. The van der Waals surface area contributed by atoms with Gasteiger partial charge in [0.1, 0.15) is 23.9 Å². The third kappa shape index (κ3) is 6.29. The van der Waals surface area contributed by atoms with Gasteiger partial charge >= 0.3 is 7.52 Å². The molecule has 0 saturated carbocycles. The Balaban J connectivity index is 1.69. The van der Waals surface area contributed by atoms with E-state index in [1.54, 1.807) is 42.1 Å². The van der Waals surface area contributed by atoms with Gasteiger partial charge in [-0.15, -0.1) is 0 Å². The Morgan fingerprint density at radius 3 is 2.72 bits per heavy atom. The summed E-state index contributed by atoms with van der Waals surface area (Å²) >= 11 is 1.16. The minimum absolute atomic E-state index is 0.111. The van der Waals surface area contributed by atoms with Gasteiger partial charge in [0, 0.05) is 0 Å². The average Bonchev–Trinajstić information content (AvgIpc) is 3.17. The van der Waals surface area contributed by atoms with Crippen molar-refractivity contribution in [3.05, 3.63) is 43.0 Å². The summed E-state index contributed by atoms with van der Waals surface area (Å²) in [7, 11) is -3.55. The van der Waals surface area contributed by atoms with Crippen LogP contribution in [0, 0.1) is 0 Å². The van der Waals surface area contributed by atoms with Gasteiger partial charge in [0.25, 0.3) is 0 Å². The second-order valence-electron chi connectivity index (χ2n) is 7.12. The Morgan fingerprint density at radius 2 is 2.00 bits per heavy atom. The first-order chi connectivity index (χ1) is 15.3. The molecular weight excluding hydrogens is 451 g/mol. The van der Waals surface area contributed by atoms with Gasteiger partial charge in [-0.25, -0.2) is 20.0 Å². The number of nitrogens with two attached hydrogens (primary N) is 1. The summed E-state index contributed by atoms with van der Waals surface area (Å²) in [5.41, 5.74) is 6.94. The minimum atomic E-state index is -3.55. The summed E-state index contributed by atoms with van der Waals surface area (Å²) in [5, 5.41) is 2.75. The predicted molar refractivity (Wildman–Crippen MR) is 126 cm³/mol. The van der Waals surface area contributed by atoms with Crippen LogP contribution in [0.1, 0.15) is 20.8 Å². The fourth-order valence-electron chi connectivity index (χ4n) is 2.94. The number of para-hydroxylation sites is 1. The highest BCUT2D eigenvalue weighted by molar-refractivity contribution is 8.13. The molecule has 0 bridgehead atoms. The van der Waals surface area contributed by atoms with Crippen molar-refractivity contribution < 1.29 is 18.6 Å². The van der Waals surface area contributed by atoms with E-state index >= 15 is 0 Å². The number of rotatable bonds is 11. The molecule has 0 saturated heterocycles. The standard InChI is InChI=1S/C20H27N6O4PS/c1-4-32-20(27)15(3)25-31(28,30-16-8-6-5-7-9-16)13-29-14(2)10-26-12-24-17-18(21)22-11-23-19(17)26/h5-9,11-12,14-15H,4,10,13H2,1-3H3,(H,25,28)(H2,21,22,23)/t14-,15+,31?/m1/s1. The fraction of sp³-hybridized carbons (Fsp3) is 0.400. The number of carbonyl (C=O) groups is 1. The molecule has 0 aliphatic carbocycles. The van der Waals surface area contributed by atoms with Crippen LogP contribution >= 0.6 is 19.3 Å². The lowest BCUT2D eigenvalue weighted by Gasteiger charge is -2.25. The molecule has 3 N–H and O–H groups in total. The van der Waals surface area contributed by atoms with Crippen LogP contribution < -0.4 is 15.3 Å². The molecule has 0 amide bonds. The zero-order valence-electron chi connectivity index (χ0n) is 18.2. The molecular formula is C20H27N6O4PS. The van der Waals surface area contributed by atoms with Crippen LogP contribution in [-0.2, 0) is 20.6 Å². The summed E-state index contributed by atoms with van der Waals surface area (Å²) < 4.78 is 27.0. The maximum Gasteiger partial charge on any atom is 0.342 e. The molecule has 10 nitrogen and oxygen atoms in total. The number of ether oxygens (including phenoxy) is 1. The van der Waals surface area contributed by atoms with Crippen molar-refractivity contribution in [2.24, 2.45) is 0 Å². The monoisotopic (exact) mass is 478 g/mol. The van der Waals surface area contributed by atoms with E-state index in [4.69, 9.17) is 15.0 Å². The molecule has 3 atom stereocenters. The highest BCUT2D eigenvalue weighted by atomic mass is 32.2. The number of aromatic nitrogens is 4. The van der Waals surface area contributed by atoms with E-state index in [0.29, 0.717) is 35.0 Å². The number of thioether (sulfide) groups is 1. The van der Waals surface area contributed by atoms with E-state index in [1.807, 2.05) is 19.9 Å². The zero-order valence-corrected chi connectivity index (χ0v) is 19.9. The van der Waals surface area contributed by atoms with E-state index in [2.05, 4.69) is 20.0 Å². The van der Waals surface area contributed by atoms with Crippen molar-refractivity contribution in [1.82, 2.24) is 24.6 Å². The number of nitrogens with zero attached hydrogens (tertiary/aromatic N) is 4. The van der Waals surface area contributed by atoms with Crippen LogP contribution in [0.15, 0.2) is 43.0 Å². The topological polar surface area (TPSA) is 134 Å². The number of hydrogen-bond acceptors (Lipinski definition) is 9. The predicted octanol–water partition coefficient (Wildman–Crippen LogP) is 3.30. The van der Waals surface area contributed by atoms with Crippen molar-refractivity contribution >= 4 is 41.4 Å². The molecule has 2 heterocycles. The second kappa shape index (κ2) is 10.9. The van der Waals surface area contributed by atoms with Crippen LogP contribution in [0.5, 0.6) is 5.75 Å². The van der Waals surface area contributed by atoms with Crippen LogP contribution in [-0.4, -0.2) is 48.9 Å². The van der Waals surface area contributed by atoms with Gasteiger partial charge in [-0.1, -0.05) is 36.9 Å². The molecule has 32 heavy (non-hydrogen) atoms. The van der Waals surface area contributed by atoms with Gasteiger partial charge < -0.3 is 19.6 Å². The quantitative estimate of drug-likeness (QED) is 0.395. The van der Waals surface area contributed by atoms with Crippen LogP contribution in [0.25, 0.3) is 11.2 Å². The fourth-order valence-corrected chi connectivity index (χ4v) is 5.43. The Labute approximate surface area is 190 Å². The Hall–Kier alpha value is -2.46. The zero-order chi connectivity index (χ0) is 23.1. The first-order valence-electron chi connectivity index (χ1n) is 10.1. The number of nitrogens with one attached hydrogen (secondary N) is 1. The SMILES string of the molecule is CCSC(=O)[C@H](C)NP(=O)(CO[C@H](C)Cn1cnc2c(N)ncnc21)Oc1ccccc1. The van der Waals surface area contributed by atoms with Crippen molar-refractivity contribution in [2.45, 2.75) is 39.5 Å². The molecule has 0 aliphatic heterocycles. The molecule has 3 aromatic rings. The number of nitrogen functional groups attached to an aromatic ring is 1. The number of benzene rings is 1. The third-order valence-electron chi connectivity index (χ3n) is 4.44. The third-order valence-corrected chi connectivity index (χ3v) is 7.14. The van der Waals surface area contributed by atoms with Crippen LogP contribution in [0.2, 0.25) is 0 Å². The molecule has 12 heteroatoms. The average molecular weight is 479 g/mol. The van der Waals surface area contributed by atoms with Crippen LogP contribution in [0.4, 0.5) is 5.82 Å². The Morgan fingerprint density at radius 1 is 1.25 bits per heavy atom. The Kier molecular flexibility index (Phi) is 8.25. The molecule has 0 fully saturated rings. The largest absolute Gasteiger partial charge is 0.431 e. The lowest BCUT2D eigenvalue weighted by Crippen LogP contribution is -2.33. The summed E-state index contributed by atoms with van der Waals surface area (Å²) in [6.07, 6.45) is 2.41. The highest BCUT2D eigenvalue weighted by Crippen LogP contribution is 2.44. The number of fused-ring (bicyclic) bond motifs is 1. The van der Waals surface area contributed by atoms with Crippen molar-refractivity contribution in [3.8, 4) is 5.75 Å². The molecule has 1 unspecified atom stereocenters. The molecule has 172 valence electrons. The van der Waals surface area contributed by atoms with Gasteiger partial charge in [0.05, 0.1) is 25.0 Å². The lowest BCUT2D eigenvalue weighted by atomic mass is 10.3. The first-order valence-corrected chi connectivity index (χ1v) is 12.9. The van der Waals surface area contributed by atoms with E-state index < -0.39 is 13.6 Å². The normalized spacial score (nSPS) is 15.2. The molecule has 0 radical (unpaired) electrons. The van der Waals surface area contributed by atoms with Crippen molar-refractivity contribution in [2.75, 3.05) is 17.8 Å². The second-order valence-corrected chi connectivity index (χ2v) is 10.4.